The largest absolute Gasteiger partial charge is 0.496 e. The van der Waals surface area contributed by atoms with Crippen LogP contribution in [0.2, 0.25) is 0 Å². The molecule has 4 aliphatic rings. The number of methoxy groups -OCH3 is 1. The zero-order valence-electron chi connectivity index (χ0n) is 54.2. The molecule has 0 saturated carbocycles. The van der Waals surface area contributed by atoms with Crippen LogP contribution in [-0.4, -0.2) is 66.3 Å². The monoisotopic (exact) mass is 1380 g/mol. The van der Waals surface area contributed by atoms with E-state index in [0.29, 0.717) is 43.6 Å². The Bertz CT molecular complexity index is 3260. The number of unbranched alkanes of at least 4 members (excludes halogenated alkanes) is 2. The van der Waals surface area contributed by atoms with E-state index in [0.717, 1.165) is 50.4 Å². The Balaban J connectivity index is 0.000000143. The highest BCUT2D eigenvalue weighted by Crippen LogP contribution is 2.37. The van der Waals surface area contributed by atoms with Crippen molar-refractivity contribution >= 4 is 65.1 Å². The van der Waals surface area contributed by atoms with Crippen molar-refractivity contribution < 1.29 is 44.2 Å². The summed E-state index contributed by atoms with van der Waals surface area (Å²) in [7, 11) is 3.73. The highest BCUT2D eigenvalue weighted by molar-refractivity contribution is 7.98. The van der Waals surface area contributed by atoms with Gasteiger partial charge in [0, 0.05) is 65.1 Å². The fourth-order valence-corrected chi connectivity index (χ4v) is 23.5. The van der Waals surface area contributed by atoms with Crippen molar-refractivity contribution in [3.05, 3.63) is 193 Å². The minimum Gasteiger partial charge on any atom is -0.496 e. The van der Waals surface area contributed by atoms with Crippen molar-refractivity contribution in [3.63, 3.8) is 0 Å². The Morgan fingerprint density at radius 1 is 0.420 bits per heavy atom. The van der Waals surface area contributed by atoms with Gasteiger partial charge in [0.25, 0.3) is 0 Å². The van der Waals surface area contributed by atoms with Gasteiger partial charge in [-0.3, -0.25) is 0 Å². The summed E-state index contributed by atoms with van der Waals surface area (Å²) in [5.41, 5.74) is 4.32. The Kier molecular flexibility index (Phi) is 29.0. The molecule has 4 saturated heterocycles. The second kappa shape index (κ2) is 36.6. The van der Waals surface area contributed by atoms with E-state index in [1.165, 1.54) is 192 Å². The molecule has 0 bridgehead atoms. The lowest BCUT2D eigenvalue weighted by Gasteiger charge is -2.19. The normalized spacial score (nSPS) is 15.8. The maximum absolute atomic E-state index is 12.6. The summed E-state index contributed by atoms with van der Waals surface area (Å²) in [4.78, 5) is 6.26. The molecule has 8 aromatic carbocycles. The van der Waals surface area contributed by atoms with Crippen LogP contribution in [0.15, 0.2) is 177 Å². The van der Waals surface area contributed by atoms with Gasteiger partial charge in [-0.25, -0.2) is 8.78 Å². The van der Waals surface area contributed by atoms with Crippen molar-refractivity contribution in [1.29, 1.82) is 0 Å². The van der Waals surface area contributed by atoms with Crippen LogP contribution in [-0.2, 0) is 49.0 Å². The lowest BCUT2D eigenvalue weighted by atomic mass is 9.87. The third-order valence-electron chi connectivity index (χ3n) is 16.5. The van der Waals surface area contributed by atoms with E-state index in [4.69, 9.17) is 14.2 Å². The van der Waals surface area contributed by atoms with E-state index in [2.05, 4.69) is 158 Å². The summed E-state index contributed by atoms with van der Waals surface area (Å²) in [5, 5.41) is 5.41. The van der Waals surface area contributed by atoms with Gasteiger partial charge in [0.1, 0.15) is 74.9 Å². The first-order valence-electron chi connectivity index (χ1n) is 32.7. The molecule has 0 unspecified atom stereocenters. The Morgan fingerprint density at radius 3 is 1.16 bits per heavy atom. The third kappa shape index (κ3) is 21.1. The predicted molar refractivity (Wildman–Crippen MR) is 379 cm³/mol. The van der Waals surface area contributed by atoms with Crippen LogP contribution < -0.4 is 35.4 Å². The summed E-state index contributed by atoms with van der Waals surface area (Å²) >= 11 is -0.330. The second-order valence-corrected chi connectivity index (χ2v) is 36.5. The Hall–Kier alpha value is -4.33. The van der Waals surface area contributed by atoms with Crippen LogP contribution in [0.3, 0.4) is 0 Å². The number of hydrogen-bond donors (Lipinski definition) is 0. The summed E-state index contributed by atoms with van der Waals surface area (Å²) in [5.74, 6) is 13.9. The number of rotatable bonds is 15. The molecular weight excluding hydrogens is 1280 g/mol. The van der Waals surface area contributed by atoms with E-state index in [9.17, 15) is 8.78 Å². The van der Waals surface area contributed by atoms with Crippen LogP contribution in [0.25, 0.3) is 21.5 Å². The second-order valence-electron chi connectivity index (χ2n) is 24.4. The highest BCUT2D eigenvalue weighted by atomic mass is 127. The zero-order chi connectivity index (χ0) is 62.1. The van der Waals surface area contributed by atoms with Crippen LogP contribution in [0.1, 0.15) is 148 Å². The van der Waals surface area contributed by atoms with E-state index in [1.807, 2.05) is 0 Å². The van der Waals surface area contributed by atoms with E-state index in [-0.39, 0.29) is 38.3 Å². The maximum Gasteiger partial charge on any atom is 0.357 e. The average Bonchev–Trinajstić information content (AvgIpc) is 2.88. The molecule has 0 spiro atoms. The number of fused-ring (bicyclic) bond motifs is 2. The van der Waals surface area contributed by atoms with E-state index >= 15 is 0 Å². The van der Waals surface area contributed by atoms with Crippen molar-refractivity contribution in [2.24, 2.45) is 0 Å². The molecule has 0 aliphatic carbocycles. The molecular formula is C78H100F2IO3S4+5. The molecule has 0 amide bonds. The first-order chi connectivity index (χ1) is 42.8. The topological polar surface area (TPSA) is 27.7 Å². The van der Waals surface area contributed by atoms with Gasteiger partial charge in [0.2, 0.25) is 0 Å². The lowest BCUT2D eigenvalue weighted by molar-refractivity contribution is -0.597. The molecule has 3 nitrogen and oxygen atoms in total. The molecule has 470 valence electrons. The summed E-state index contributed by atoms with van der Waals surface area (Å²) in [6, 6.07) is 53.6. The first-order valence-corrected chi connectivity index (χ1v) is 41.1. The minimum absolute atomic E-state index is 0.220. The molecule has 0 N–H and O–H groups in total. The van der Waals surface area contributed by atoms with Crippen LogP contribution >= 0.6 is 0 Å². The average molecular weight is 1380 g/mol. The number of ether oxygens (including phenoxy) is 3. The summed E-state index contributed by atoms with van der Waals surface area (Å²) in [6.07, 6.45) is 20.2. The molecule has 88 heavy (non-hydrogen) atoms. The number of hydrogen-bond acceptors (Lipinski definition) is 3. The third-order valence-corrected chi connectivity index (χ3v) is 29.3. The first kappa shape index (κ1) is 69.6. The number of halogens is 3. The molecule has 4 fully saturated rings. The molecule has 0 aromatic heterocycles. The Labute approximate surface area is 551 Å². The molecule has 8 aromatic rings. The van der Waals surface area contributed by atoms with Gasteiger partial charge < -0.3 is 14.2 Å². The minimum atomic E-state index is -0.330. The van der Waals surface area contributed by atoms with Crippen molar-refractivity contribution in [2.45, 2.75) is 170 Å². The maximum atomic E-state index is 12.6. The van der Waals surface area contributed by atoms with Gasteiger partial charge in [-0.15, -0.1) is 0 Å². The lowest BCUT2D eigenvalue weighted by Crippen LogP contribution is -3.61. The van der Waals surface area contributed by atoms with Gasteiger partial charge in [0.05, 0.1) is 20.3 Å². The molecule has 4 heterocycles. The summed E-state index contributed by atoms with van der Waals surface area (Å²) in [6.45, 7) is 17.2. The van der Waals surface area contributed by atoms with Crippen molar-refractivity contribution in [1.82, 2.24) is 0 Å². The fourth-order valence-electron chi connectivity index (χ4n) is 11.6. The number of benzene rings is 8. The van der Waals surface area contributed by atoms with Gasteiger partial charge in [0.15, 0.2) is 26.7 Å². The molecule has 10 heteroatoms. The molecule has 0 atom stereocenters. The number of aryl methyl sites for hydroxylation is 2. The van der Waals surface area contributed by atoms with Crippen LogP contribution in [0.4, 0.5) is 8.78 Å². The zero-order valence-corrected chi connectivity index (χ0v) is 59.6. The quantitative estimate of drug-likeness (QED) is 0.0582. The Morgan fingerprint density at radius 2 is 0.784 bits per heavy atom. The molecule has 4 aliphatic heterocycles. The molecule has 12 rings (SSSR count). The van der Waals surface area contributed by atoms with Gasteiger partial charge in [-0.2, -0.15) is 0 Å². The highest BCUT2D eigenvalue weighted by Gasteiger charge is 2.31. The van der Waals surface area contributed by atoms with Crippen molar-refractivity contribution in [2.75, 3.05) is 66.3 Å². The van der Waals surface area contributed by atoms with Gasteiger partial charge in [-0.1, -0.05) is 96.0 Å². The van der Waals surface area contributed by atoms with Crippen molar-refractivity contribution in [3.8, 4) is 17.2 Å². The summed E-state index contributed by atoms with van der Waals surface area (Å²) < 4.78 is 44.9. The standard InChI is InChI=1S/C19H25OS.C18H23OS.C15H23S.C14H21OS.C12H8F2I/c1-2-3-13-20-18-11-12-19(21-14-7-4-8-15-21)17-10-6-5-9-16(17)18;1-2-3-12-19-17-10-11-18(20-13-6-7-14-20)16-9-5-4-8-15(16)17;1-15(2,3)13-7-9-14(10-8-13)16-11-5-4-6-12-16;1-11-9-13(10-12(2)14(11)15-3)16-7-5-4-6-8-16;13-9-1-5-11(6-2-9)15-12-7-3-10(14)4-8-12/h5-6,9-12H,2-4,7-8,13-15H2,1H3;4-5,8-11H,2-3,6-7,12-14H2,1H3;7-10H,4-6,11-12H2,1-3H3;9-10H,4-8H2,1-3H3;1-8H/q5*+1. The fraction of sp³-hybridized carbons (Fsp3) is 0.436. The SMILES string of the molecule is CC(C)(C)c1ccc([S+]2CCCCC2)cc1.CCCCOc1ccc([S+]2CCCC2)c2ccccc12.CCCCOc1ccc([S+]2CCCCC2)c2ccccc12.COc1c(C)cc([S+]2CCCCC2)cc1C.Fc1ccc([I+]c2ccc(F)cc2)cc1. The van der Waals surface area contributed by atoms with Crippen LogP contribution in [0.5, 0.6) is 17.2 Å². The molecule has 0 radical (unpaired) electrons. The van der Waals surface area contributed by atoms with Crippen LogP contribution in [0, 0.1) is 32.6 Å². The van der Waals surface area contributed by atoms with E-state index in [1.54, 1.807) is 51.0 Å². The predicted octanol–water partition coefficient (Wildman–Crippen LogP) is 17.7. The van der Waals surface area contributed by atoms with Gasteiger partial charge >= 0.3 is 21.2 Å². The smallest absolute Gasteiger partial charge is 0.357 e. The van der Waals surface area contributed by atoms with E-state index < -0.39 is 0 Å². The van der Waals surface area contributed by atoms with Gasteiger partial charge in [-0.05, 0) is 229 Å².